The summed E-state index contributed by atoms with van der Waals surface area (Å²) < 4.78 is 1.69. The Morgan fingerprint density at radius 1 is 1.50 bits per heavy atom. The molecule has 1 aromatic carbocycles. The van der Waals surface area contributed by atoms with Crippen molar-refractivity contribution in [2.75, 3.05) is 0 Å². The normalized spacial score (nSPS) is 10.6. The number of aromatic nitrogens is 2. The van der Waals surface area contributed by atoms with Crippen molar-refractivity contribution < 1.29 is 10.0 Å². The van der Waals surface area contributed by atoms with Gasteiger partial charge >= 0.3 is 0 Å². The molecule has 0 spiro atoms. The van der Waals surface area contributed by atoms with Gasteiger partial charge in [-0.25, -0.2) is 4.98 Å². The zero-order chi connectivity index (χ0) is 13.1. The first-order valence-corrected chi connectivity index (χ1v) is 5.58. The Morgan fingerprint density at radius 3 is 2.89 bits per heavy atom. The van der Waals surface area contributed by atoms with E-state index in [2.05, 4.69) is 4.98 Å². The summed E-state index contributed by atoms with van der Waals surface area (Å²) in [5.41, 5.74) is 0.949. The van der Waals surface area contributed by atoms with E-state index in [1.54, 1.807) is 29.1 Å². The van der Waals surface area contributed by atoms with E-state index in [1.165, 1.54) is 6.07 Å². The van der Waals surface area contributed by atoms with Crippen LogP contribution in [0, 0.1) is 10.1 Å². The first kappa shape index (κ1) is 12.3. The number of rotatable bonds is 4. The van der Waals surface area contributed by atoms with Gasteiger partial charge in [-0.05, 0) is 11.6 Å². The minimum Gasteiger partial charge on any atom is -0.392 e. The molecule has 1 aromatic heterocycles. The van der Waals surface area contributed by atoms with E-state index in [-0.39, 0.29) is 12.3 Å². The molecule has 0 radical (unpaired) electrons. The minimum atomic E-state index is -0.450. The maximum atomic E-state index is 11.1. The van der Waals surface area contributed by atoms with E-state index in [4.69, 9.17) is 5.11 Å². The van der Waals surface area contributed by atoms with Gasteiger partial charge in [-0.2, -0.15) is 0 Å². The van der Waals surface area contributed by atoms with Gasteiger partial charge in [-0.15, -0.1) is 0 Å². The van der Waals surface area contributed by atoms with Gasteiger partial charge in [-0.3, -0.25) is 14.7 Å². The van der Waals surface area contributed by atoms with Crippen LogP contribution in [0.3, 0.4) is 0 Å². The molecule has 0 aliphatic carbocycles. The molecule has 6 nitrogen and oxygen atoms in total. The van der Waals surface area contributed by atoms with Crippen molar-refractivity contribution in [2.45, 2.75) is 20.0 Å². The molecule has 6 heteroatoms. The highest BCUT2D eigenvalue weighted by molar-refractivity contribution is 5.54. The Hall–Kier alpha value is -2.21. The summed E-state index contributed by atoms with van der Waals surface area (Å²) in [5, 5.41) is 20.1. The molecule has 0 saturated heterocycles. The second-order valence-electron chi connectivity index (χ2n) is 3.81. The molecular weight excluding hydrogens is 234 g/mol. The molecule has 0 unspecified atom stereocenters. The van der Waals surface area contributed by atoms with Gasteiger partial charge in [0.2, 0.25) is 0 Å². The molecule has 0 amide bonds. The summed E-state index contributed by atoms with van der Waals surface area (Å²) in [6.45, 7) is 1.72. The smallest absolute Gasteiger partial charge is 0.293 e. The van der Waals surface area contributed by atoms with E-state index in [9.17, 15) is 10.1 Å². The molecule has 1 N–H and O–H groups in total. The molecule has 94 valence electrons. The van der Waals surface area contributed by atoms with E-state index < -0.39 is 4.92 Å². The van der Waals surface area contributed by atoms with Crippen molar-refractivity contribution in [3.63, 3.8) is 0 Å². The standard InChI is InChI=1S/C12H13N3O3/c1-2-12-13-5-6-14(12)10-4-3-9(8-16)7-11(10)15(17)18/h3-7,16H,2,8H2,1H3. The predicted molar refractivity (Wildman–Crippen MR) is 65.5 cm³/mol. The number of aliphatic hydroxyl groups excluding tert-OH is 1. The Bertz CT molecular complexity index is 578. The van der Waals surface area contributed by atoms with E-state index in [0.717, 1.165) is 5.82 Å². The van der Waals surface area contributed by atoms with Crippen molar-refractivity contribution >= 4 is 5.69 Å². The topological polar surface area (TPSA) is 81.2 Å². The molecule has 1 heterocycles. The molecule has 0 aliphatic heterocycles. The fourth-order valence-corrected chi connectivity index (χ4v) is 1.83. The maximum absolute atomic E-state index is 11.1. The summed E-state index contributed by atoms with van der Waals surface area (Å²) >= 11 is 0. The lowest BCUT2D eigenvalue weighted by Crippen LogP contribution is -2.04. The Morgan fingerprint density at radius 2 is 2.28 bits per heavy atom. The molecule has 2 aromatic rings. The largest absolute Gasteiger partial charge is 0.392 e. The van der Waals surface area contributed by atoms with Crippen LogP contribution < -0.4 is 0 Å². The Balaban J connectivity index is 2.60. The quantitative estimate of drug-likeness (QED) is 0.660. The number of aryl methyl sites for hydroxylation is 1. The van der Waals surface area contributed by atoms with Crippen LogP contribution in [-0.2, 0) is 13.0 Å². The van der Waals surface area contributed by atoms with Crippen LogP contribution in [0.15, 0.2) is 30.6 Å². The highest BCUT2D eigenvalue weighted by atomic mass is 16.6. The molecule has 0 aliphatic rings. The molecule has 0 bridgehead atoms. The van der Waals surface area contributed by atoms with Gasteiger partial charge in [0.1, 0.15) is 11.5 Å². The lowest BCUT2D eigenvalue weighted by atomic mass is 10.2. The molecule has 0 fully saturated rings. The summed E-state index contributed by atoms with van der Waals surface area (Å²) in [6.07, 6.45) is 3.99. The fourth-order valence-electron chi connectivity index (χ4n) is 1.83. The number of imidazole rings is 1. The Kier molecular flexibility index (Phi) is 3.38. The third-order valence-corrected chi connectivity index (χ3v) is 2.71. The number of nitro benzene ring substituents is 1. The van der Waals surface area contributed by atoms with Gasteiger partial charge in [0.05, 0.1) is 11.5 Å². The summed E-state index contributed by atoms with van der Waals surface area (Å²) in [4.78, 5) is 14.8. The lowest BCUT2D eigenvalue weighted by molar-refractivity contribution is -0.384. The number of benzene rings is 1. The number of hydrogen-bond acceptors (Lipinski definition) is 4. The predicted octanol–water partition coefficient (Wildman–Crippen LogP) is 1.84. The lowest BCUT2D eigenvalue weighted by Gasteiger charge is -2.08. The average molecular weight is 247 g/mol. The molecule has 18 heavy (non-hydrogen) atoms. The van der Waals surface area contributed by atoms with Crippen LogP contribution >= 0.6 is 0 Å². The van der Waals surface area contributed by atoms with Crippen LogP contribution in [0.4, 0.5) is 5.69 Å². The second-order valence-corrected chi connectivity index (χ2v) is 3.81. The monoisotopic (exact) mass is 247 g/mol. The fraction of sp³-hybridized carbons (Fsp3) is 0.250. The molecule has 0 saturated carbocycles. The molecule has 2 rings (SSSR count). The second kappa shape index (κ2) is 4.97. The van der Waals surface area contributed by atoms with Crippen LogP contribution in [0.5, 0.6) is 0 Å². The van der Waals surface area contributed by atoms with E-state index in [1.807, 2.05) is 6.92 Å². The highest BCUT2D eigenvalue weighted by Gasteiger charge is 2.17. The van der Waals surface area contributed by atoms with Crippen LogP contribution in [0.25, 0.3) is 5.69 Å². The van der Waals surface area contributed by atoms with Crippen LogP contribution in [-0.4, -0.2) is 19.6 Å². The number of nitro groups is 1. The first-order chi connectivity index (χ1) is 8.67. The number of aliphatic hydroxyl groups is 1. The van der Waals surface area contributed by atoms with Crippen LogP contribution in [0.2, 0.25) is 0 Å². The zero-order valence-corrected chi connectivity index (χ0v) is 9.91. The third kappa shape index (κ3) is 2.10. The summed E-state index contributed by atoms with van der Waals surface area (Å²) in [7, 11) is 0. The first-order valence-electron chi connectivity index (χ1n) is 5.58. The molecule has 0 atom stereocenters. The van der Waals surface area contributed by atoms with E-state index in [0.29, 0.717) is 17.7 Å². The van der Waals surface area contributed by atoms with E-state index >= 15 is 0 Å². The maximum Gasteiger partial charge on any atom is 0.293 e. The van der Waals surface area contributed by atoms with Crippen molar-refractivity contribution in [1.29, 1.82) is 0 Å². The minimum absolute atomic E-state index is 0.0331. The summed E-state index contributed by atoms with van der Waals surface area (Å²) in [6, 6.07) is 4.68. The van der Waals surface area contributed by atoms with Gasteiger partial charge < -0.3 is 5.11 Å². The Labute approximate surface area is 104 Å². The van der Waals surface area contributed by atoms with Crippen molar-refractivity contribution in [3.8, 4) is 5.69 Å². The number of hydrogen-bond donors (Lipinski definition) is 1. The van der Waals surface area contributed by atoms with Gasteiger partial charge in [0.15, 0.2) is 0 Å². The van der Waals surface area contributed by atoms with Crippen molar-refractivity contribution in [1.82, 2.24) is 9.55 Å². The van der Waals surface area contributed by atoms with Gasteiger partial charge in [0.25, 0.3) is 5.69 Å². The SMILES string of the molecule is CCc1nccn1-c1ccc(CO)cc1[N+](=O)[O-]. The summed E-state index contributed by atoms with van der Waals surface area (Å²) in [5.74, 6) is 0.759. The zero-order valence-electron chi connectivity index (χ0n) is 9.91. The van der Waals surface area contributed by atoms with Crippen molar-refractivity contribution in [2.24, 2.45) is 0 Å². The highest BCUT2D eigenvalue weighted by Crippen LogP contribution is 2.25. The van der Waals surface area contributed by atoms with Crippen LogP contribution in [0.1, 0.15) is 18.3 Å². The number of nitrogens with zero attached hydrogens (tertiary/aromatic N) is 3. The molecular formula is C12H13N3O3. The average Bonchev–Trinajstić information content (AvgIpc) is 2.86. The third-order valence-electron chi connectivity index (χ3n) is 2.71. The van der Waals surface area contributed by atoms with Gasteiger partial charge in [-0.1, -0.05) is 13.0 Å². The van der Waals surface area contributed by atoms with Crippen molar-refractivity contribution in [3.05, 3.63) is 52.1 Å². The van der Waals surface area contributed by atoms with Gasteiger partial charge in [0, 0.05) is 24.9 Å².